The summed E-state index contributed by atoms with van der Waals surface area (Å²) in [5.41, 5.74) is 3.05. The summed E-state index contributed by atoms with van der Waals surface area (Å²) in [7, 11) is 0. The van der Waals surface area contributed by atoms with Crippen molar-refractivity contribution in [2.75, 3.05) is 37.6 Å². The summed E-state index contributed by atoms with van der Waals surface area (Å²) in [4.78, 5) is 5.35. The van der Waals surface area contributed by atoms with E-state index < -0.39 is 0 Å². The van der Waals surface area contributed by atoms with Gasteiger partial charge in [0.1, 0.15) is 0 Å². The quantitative estimate of drug-likeness (QED) is 0.325. The van der Waals surface area contributed by atoms with E-state index >= 15 is 0 Å². The molecule has 0 fully saturated rings. The summed E-state index contributed by atoms with van der Waals surface area (Å²) >= 11 is 0. The van der Waals surface area contributed by atoms with Crippen molar-refractivity contribution in [3.63, 3.8) is 0 Å². The minimum absolute atomic E-state index is 0.821. The lowest BCUT2D eigenvalue weighted by molar-refractivity contribution is 0.238. The summed E-state index contributed by atoms with van der Waals surface area (Å²) in [5, 5.41) is 0. The Kier molecular flexibility index (Phi) is 11.0. The van der Waals surface area contributed by atoms with Crippen LogP contribution in [-0.2, 0) is 6.42 Å². The van der Waals surface area contributed by atoms with Gasteiger partial charge < -0.3 is 9.80 Å². The Balaban J connectivity index is 1.57. The molecule has 0 saturated heterocycles. The monoisotopic (exact) mass is 386 g/mol. The second-order valence-electron chi connectivity index (χ2n) is 9.69. The van der Waals surface area contributed by atoms with Gasteiger partial charge in [-0.25, -0.2) is 0 Å². The van der Waals surface area contributed by atoms with Crippen molar-refractivity contribution in [2.24, 2.45) is 11.8 Å². The van der Waals surface area contributed by atoms with Gasteiger partial charge in [-0.3, -0.25) is 0 Å². The topological polar surface area (TPSA) is 6.48 Å². The fourth-order valence-electron chi connectivity index (χ4n) is 4.23. The number of unbranched alkanes of at least 4 members (excludes halogenated alkanes) is 4. The SMILES string of the molecule is CC(C)CCN(CCCCCCCN1CCCc2ccccc21)CCC(C)C. The number of fused-ring (bicyclic) bond motifs is 1. The standard InChI is InChI=1S/C26H46N2/c1-23(2)16-21-27(22-17-24(3)4)18-10-6-5-7-11-19-28-20-12-14-25-13-8-9-15-26(25)28/h8-9,13,15,23-24H,5-7,10-12,14,16-22H2,1-4H3. The van der Waals surface area contributed by atoms with E-state index in [2.05, 4.69) is 61.8 Å². The van der Waals surface area contributed by atoms with E-state index in [1.165, 1.54) is 96.2 Å². The molecule has 1 heterocycles. The molecule has 2 nitrogen and oxygen atoms in total. The Morgan fingerprint density at radius 1 is 0.821 bits per heavy atom. The molecule has 1 aliphatic heterocycles. The van der Waals surface area contributed by atoms with Gasteiger partial charge in [0, 0.05) is 18.8 Å². The molecule has 160 valence electrons. The predicted octanol–water partition coefficient (Wildman–Crippen LogP) is 6.78. The van der Waals surface area contributed by atoms with Crippen molar-refractivity contribution in [3.8, 4) is 0 Å². The Bertz CT molecular complexity index is 511. The molecule has 0 aromatic heterocycles. The summed E-state index contributed by atoms with van der Waals surface area (Å²) in [5.74, 6) is 1.64. The number of rotatable bonds is 14. The number of nitrogens with zero attached hydrogens (tertiary/aromatic N) is 2. The van der Waals surface area contributed by atoms with Gasteiger partial charge in [-0.1, -0.05) is 65.2 Å². The average molecular weight is 387 g/mol. The highest BCUT2D eigenvalue weighted by Gasteiger charge is 2.15. The Morgan fingerprint density at radius 2 is 1.46 bits per heavy atom. The van der Waals surface area contributed by atoms with Crippen LogP contribution in [0.2, 0.25) is 0 Å². The molecule has 1 aliphatic rings. The van der Waals surface area contributed by atoms with Crippen LogP contribution in [0.25, 0.3) is 0 Å². The second-order valence-corrected chi connectivity index (χ2v) is 9.69. The van der Waals surface area contributed by atoms with Crippen molar-refractivity contribution in [1.82, 2.24) is 4.90 Å². The molecule has 0 radical (unpaired) electrons. The first-order valence-electron chi connectivity index (χ1n) is 12.1. The zero-order valence-corrected chi connectivity index (χ0v) is 19.3. The van der Waals surface area contributed by atoms with E-state index in [1.54, 1.807) is 5.56 Å². The molecule has 1 aromatic rings. The van der Waals surface area contributed by atoms with Gasteiger partial charge in [-0.15, -0.1) is 0 Å². The van der Waals surface area contributed by atoms with Crippen LogP contribution >= 0.6 is 0 Å². The van der Waals surface area contributed by atoms with Crippen molar-refractivity contribution >= 4 is 5.69 Å². The molecule has 0 amide bonds. The summed E-state index contributed by atoms with van der Waals surface area (Å²) in [6.07, 6.45) is 12.2. The molecule has 0 spiro atoms. The van der Waals surface area contributed by atoms with Crippen LogP contribution < -0.4 is 4.90 Å². The molecule has 0 N–H and O–H groups in total. The molecular formula is C26H46N2. The van der Waals surface area contributed by atoms with Gasteiger partial charge in [-0.05, 0) is 81.6 Å². The van der Waals surface area contributed by atoms with Gasteiger partial charge in [0.25, 0.3) is 0 Å². The van der Waals surface area contributed by atoms with E-state index in [0.29, 0.717) is 0 Å². The van der Waals surface area contributed by atoms with Gasteiger partial charge in [-0.2, -0.15) is 0 Å². The Hall–Kier alpha value is -1.02. The van der Waals surface area contributed by atoms with Crippen LogP contribution in [0.5, 0.6) is 0 Å². The van der Waals surface area contributed by atoms with E-state index in [9.17, 15) is 0 Å². The molecule has 0 saturated carbocycles. The van der Waals surface area contributed by atoms with Crippen LogP contribution in [0.1, 0.15) is 84.6 Å². The third-order valence-corrected chi connectivity index (χ3v) is 6.15. The van der Waals surface area contributed by atoms with Crippen LogP contribution in [-0.4, -0.2) is 37.6 Å². The second kappa shape index (κ2) is 13.2. The lowest BCUT2D eigenvalue weighted by atomic mass is 10.0. The molecule has 0 aliphatic carbocycles. The normalized spacial score (nSPS) is 14.3. The summed E-state index contributed by atoms with van der Waals surface area (Å²) in [6.45, 7) is 15.8. The van der Waals surface area contributed by atoms with Crippen LogP contribution in [0.3, 0.4) is 0 Å². The molecule has 2 rings (SSSR count). The molecule has 0 atom stereocenters. The first-order chi connectivity index (χ1) is 13.6. The minimum Gasteiger partial charge on any atom is -0.371 e. The van der Waals surface area contributed by atoms with E-state index in [0.717, 1.165) is 11.8 Å². The third-order valence-electron chi connectivity index (χ3n) is 6.15. The first kappa shape index (κ1) is 23.3. The lowest BCUT2D eigenvalue weighted by Crippen LogP contribution is -2.30. The number of hydrogen-bond acceptors (Lipinski definition) is 2. The van der Waals surface area contributed by atoms with Crippen molar-refractivity contribution in [3.05, 3.63) is 29.8 Å². The smallest absolute Gasteiger partial charge is 0.0398 e. The molecule has 0 unspecified atom stereocenters. The third kappa shape index (κ3) is 8.99. The molecule has 0 bridgehead atoms. The van der Waals surface area contributed by atoms with Crippen LogP contribution in [0, 0.1) is 11.8 Å². The van der Waals surface area contributed by atoms with Crippen LogP contribution in [0.4, 0.5) is 5.69 Å². The number of aryl methyl sites for hydroxylation is 1. The highest BCUT2D eigenvalue weighted by atomic mass is 15.1. The van der Waals surface area contributed by atoms with Gasteiger partial charge in [0.15, 0.2) is 0 Å². The largest absolute Gasteiger partial charge is 0.371 e. The van der Waals surface area contributed by atoms with Gasteiger partial charge >= 0.3 is 0 Å². The lowest BCUT2D eigenvalue weighted by Gasteiger charge is -2.31. The average Bonchev–Trinajstić information content (AvgIpc) is 2.68. The van der Waals surface area contributed by atoms with Gasteiger partial charge in [0.2, 0.25) is 0 Å². The predicted molar refractivity (Wildman–Crippen MR) is 125 cm³/mol. The fraction of sp³-hybridized carbons (Fsp3) is 0.769. The highest BCUT2D eigenvalue weighted by molar-refractivity contribution is 5.55. The summed E-state index contributed by atoms with van der Waals surface area (Å²) < 4.78 is 0. The van der Waals surface area contributed by atoms with Crippen molar-refractivity contribution in [2.45, 2.75) is 85.5 Å². The maximum Gasteiger partial charge on any atom is 0.0398 e. The number of hydrogen-bond donors (Lipinski definition) is 0. The summed E-state index contributed by atoms with van der Waals surface area (Å²) in [6, 6.07) is 9.01. The molecule has 2 heteroatoms. The molecule has 1 aromatic carbocycles. The van der Waals surface area contributed by atoms with Gasteiger partial charge in [0.05, 0.1) is 0 Å². The highest BCUT2D eigenvalue weighted by Crippen LogP contribution is 2.26. The maximum absolute atomic E-state index is 2.73. The Labute approximate surface area is 175 Å². The van der Waals surface area contributed by atoms with E-state index in [4.69, 9.17) is 0 Å². The first-order valence-corrected chi connectivity index (χ1v) is 12.1. The zero-order chi connectivity index (χ0) is 20.2. The number of anilines is 1. The maximum atomic E-state index is 2.73. The fourth-order valence-corrected chi connectivity index (χ4v) is 4.23. The number of para-hydroxylation sites is 1. The number of benzene rings is 1. The molecule has 28 heavy (non-hydrogen) atoms. The zero-order valence-electron chi connectivity index (χ0n) is 19.3. The van der Waals surface area contributed by atoms with Crippen molar-refractivity contribution in [1.29, 1.82) is 0 Å². The Morgan fingerprint density at radius 3 is 2.18 bits per heavy atom. The van der Waals surface area contributed by atoms with E-state index in [1.807, 2.05) is 0 Å². The van der Waals surface area contributed by atoms with Crippen LogP contribution in [0.15, 0.2) is 24.3 Å². The minimum atomic E-state index is 0.821. The van der Waals surface area contributed by atoms with E-state index in [-0.39, 0.29) is 0 Å². The van der Waals surface area contributed by atoms with Crippen molar-refractivity contribution < 1.29 is 0 Å². The molecular weight excluding hydrogens is 340 g/mol.